The van der Waals surface area contributed by atoms with Gasteiger partial charge in [-0.25, -0.2) is 9.18 Å². The van der Waals surface area contributed by atoms with Crippen molar-refractivity contribution >= 4 is 34.9 Å². The summed E-state index contributed by atoms with van der Waals surface area (Å²) in [6.07, 6.45) is -0.701. The summed E-state index contributed by atoms with van der Waals surface area (Å²) in [6.45, 7) is 1.61. The van der Waals surface area contributed by atoms with Crippen LogP contribution in [0.3, 0.4) is 0 Å². The SMILES string of the molecule is C[C@@H]1Oc2cc(F)ccc2NC(=O)[C@@H]1NC(=O)Nc1cccc(Cl)c1. The zero-order valence-electron chi connectivity index (χ0n) is 13.2. The zero-order valence-corrected chi connectivity index (χ0v) is 13.9. The van der Waals surface area contributed by atoms with E-state index in [9.17, 15) is 14.0 Å². The third kappa shape index (κ3) is 4.00. The van der Waals surface area contributed by atoms with Gasteiger partial charge in [0.25, 0.3) is 5.91 Å². The minimum atomic E-state index is -0.963. The smallest absolute Gasteiger partial charge is 0.320 e. The molecule has 25 heavy (non-hydrogen) atoms. The average Bonchev–Trinajstić information content (AvgIpc) is 2.65. The second kappa shape index (κ2) is 6.98. The number of halogens is 2. The van der Waals surface area contributed by atoms with E-state index >= 15 is 0 Å². The Morgan fingerprint density at radius 3 is 2.84 bits per heavy atom. The lowest BCUT2D eigenvalue weighted by Crippen LogP contribution is -2.52. The highest BCUT2D eigenvalue weighted by atomic mass is 35.5. The standard InChI is InChI=1S/C17H15ClFN3O3/c1-9-15(22-17(24)20-12-4-2-3-10(18)7-12)16(23)21-13-6-5-11(19)8-14(13)25-9/h2-9,15H,1H3,(H,21,23)(H2,20,22,24)/t9-,15+/m0/s1. The fourth-order valence-electron chi connectivity index (χ4n) is 2.45. The maximum Gasteiger partial charge on any atom is 0.320 e. The number of carbonyl (C=O) groups is 2. The van der Waals surface area contributed by atoms with Gasteiger partial charge in [0.05, 0.1) is 5.69 Å². The molecule has 6 nitrogen and oxygen atoms in total. The normalized spacial score (nSPS) is 19.1. The third-order valence-corrected chi connectivity index (χ3v) is 3.87. The summed E-state index contributed by atoms with van der Waals surface area (Å²) in [4.78, 5) is 24.5. The second-order valence-electron chi connectivity index (χ2n) is 5.54. The molecule has 3 amide bonds. The van der Waals surface area contributed by atoms with Crippen molar-refractivity contribution in [2.45, 2.75) is 19.1 Å². The summed E-state index contributed by atoms with van der Waals surface area (Å²) in [7, 11) is 0. The summed E-state index contributed by atoms with van der Waals surface area (Å²) in [6, 6.07) is 8.86. The van der Waals surface area contributed by atoms with Crippen molar-refractivity contribution < 1.29 is 18.7 Å². The molecule has 0 saturated carbocycles. The predicted molar refractivity (Wildman–Crippen MR) is 92.5 cm³/mol. The first kappa shape index (κ1) is 17.0. The summed E-state index contributed by atoms with van der Waals surface area (Å²) in [5.74, 6) is -0.732. The summed E-state index contributed by atoms with van der Waals surface area (Å²) >= 11 is 5.87. The highest BCUT2D eigenvalue weighted by Crippen LogP contribution is 2.29. The molecule has 0 unspecified atom stereocenters. The molecular formula is C17H15ClFN3O3. The number of urea groups is 1. The number of fused-ring (bicyclic) bond motifs is 1. The molecule has 1 heterocycles. The highest BCUT2D eigenvalue weighted by molar-refractivity contribution is 6.30. The number of carbonyl (C=O) groups excluding carboxylic acids is 2. The molecule has 3 N–H and O–H groups in total. The molecule has 8 heteroatoms. The molecule has 0 bridgehead atoms. The van der Waals surface area contributed by atoms with E-state index in [1.807, 2.05) is 0 Å². The van der Waals surface area contributed by atoms with Crippen LogP contribution in [0.4, 0.5) is 20.6 Å². The van der Waals surface area contributed by atoms with Crippen LogP contribution >= 0.6 is 11.6 Å². The lowest BCUT2D eigenvalue weighted by Gasteiger charge is -2.21. The van der Waals surface area contributed by atoms with Gasteiger partial charge in [0.1, 0.15) is 23.7 Å². The van der Waals surface area contributed by atoms with Crippen molar-refractivity contribution in [1.29, 1.82) is 0 Å². The number of amides is 3. The van der Waals surface area contributed by atoms with Gasteiger partial charge < -0.3 is 20.7 Å². The number of benzene rings is 2. The van der Waals surface area contributed by atoms with Crippen LogP contribution in [0.2, 0.25) is 5.02 Å². The average molecular weight is 364 g/mol. The van der Waals surface area contributed by atoms with Crippen LogP contribution < -0.4 is 20.7 Å². The predicted octanol–water partition coefficient (Wildman–Crippen LogP) is 3.39. The number of hydrogen-bond donors (Lipinski definition) is 3. The van der Waals surface area contributed by atoms with Gasteiger partial charge in [0.2, 0.25) is 0 Å². The molecule has 2 aromatic carbocycles. The molecule has 0 aromatic heterocycles. The van der Waals surface area contributed by atoms with Crippen molar-refractivity contribution in [3.05, 3.63) is 53.3 Å². The maximum atomic E-state index is 13.4. The van der Waals surface area contributed by atoms with Gasteiger partial charge in [-0.15, -0.1) is 0 Å². The fraction of sp³-hybridized carbons (Fsp3) is 0.176. The first-order valence-corrected chi connectivity index (χ1v) is 7.90. The molecule has 2 aromatic rings. The Bertz CT molecular complexity index is 831. The number of anilines is 2. The van der Waals surface area contributed by atoms with E-state index in [0.717, 1.165) is 0 Å². The monoisotopic (exact) mass is 363 g/mol. The molecule has 0 fully saturated rings. The fourth-order valence-corrected chi connectivity index (χ4v) is 2.64. The highest BCUT2D eigenvalue weighted by Gasteiger charge is 2.32. The minimum Gasteiger partial charge on any atom is -0.486 e. The molecule has 0 spiro atoms. The quantitative estimate of drug-likeness (QED) is 0.765. The van der Waals surface area contributed by atoms with E-state index < -0.39 is 29.9 Å². The lowest BCUT2D eigenvalue weighted by atomic mass is 10.1. The molecule has 130 valence electrons. The molecule has 0 aliphatic carbocycles. The Labute approximate surface area is 148 Å². The Balaban J connectivity index is 1.72. The Kier molecular flexibility index (Phi) is 4.76. The molecule has 3 rings (SSSR count). The van der Waals surface area contributed by atoms with E-state index in [0.29, 0.717) is 16.4 Å². The van der Waals surface area contributed by atoms with Crippen molar-refractivity contribution in [2.24, 2.45) is 0 Å². The van der Waals surface area contributed by atoms with Crippen LogP contribution in [0.5, 0.6) is 5.75 Å². The first-order valence-electron chi connectivity index (χ1n) is 7.52. The minimum absolute atomic E-state index is 0.209. The molecule has 1 aliphatic heterocycles. The van der Waals surface area contributed by atoms with Gasteiger partial charge in [-0.05, 0) is 37.3 Å². The number of nitrogens with one attached hydrogen (secondary N) is 3. The van der Waals surface area contributed by atoms with E-state index in [1.54, 1.807) is 31.2 Å². The van der Waals surface area contributed by atoms with Crippen LogP contribution in [0.15, 0.2) is 42.5 Å². The van der Waals surface area contributed by atoms with Crippen LogP contribution in [0.1, 0.15) is 6.92 Å². The van der Waals surface area contributed by atoms with Crippen LogP contribution in [-0.4, -0.2) is 24.1 Å². The van der Waals surface area contributed by atoms with Crippen molar-refractivity contribution in [1.82, 2.24) is 5.32 Å². The molecule has 1 aliphatic rings. The van der Waals surface area contributed by atoms with E-state index in [1.165, 1.54) is 18.2 Å². The molecule has 2 atom stereocenters. The van der Waals surface area contributed by atoms with Crippen LogP contribution in [0, 0.1) is 5.82 Å². The lowest BCUT2D eigenvalue weighted by molar-refractivity contribution is -0.119. The first-order chi connectivity index (χ1) is 11.9. The zero-order chi connectivity index (χ0) is 18.0. The summed E-state index contributed by atoms with van der Waals surface area (Å²) < 4.78 is 19.0. The third-order valence-electron chi connectivity index (χ3n) is 3.64. The van der Waals surface area contributed by atoms with Crippen molar-refractivity contribution in [2.75, 3.05) is 10.6 Å². The van der Waals surface area contributed by atoms with Crippen LogP contribution in [-0.2, 0) is 4.79 Å². The number of ether oxygens (including phenoxy) is 1. The molecular weight excluding hydrogens is 349 g/mol. The van der Waals surface area contributed by atoms with Gasteiger partial charge in [0.15, 0.2) is 0 Å². The van der Waals surface area contributed by atoms with Crippen molar-refractivity contribution in [3.63, 3.8) is 0 Å². The second-order valence-corrected chi connectivity index (χ2v) is 5.98. The molecule has 0 radical (unpaired) electrons. The maximum absolute atomic E-state index is 13.4. The largest absolute Gasteiger partial charge is 0.486 e. The van der Waals surface area contributed by atoms with Crippen molar-refractivity contribution in [3.8, 4) is 5.75 Å². The topological polar surface area (TPSA) is 79.5 Å². The van der Waals surface area contributed by atoms with E-state index in [4.69, 9.17) is 16.3 Å². The van der Waals surface area contributed by atoms with Gasteiger partial charge >= 0.3 is 6.03 Å². The van der Waals surface area contributed by atoms with Gasteiger partial charge in [-0.1, -0.05) is 17.7 Å². The van der Waals surface area contributed by atoms with E-state index in [-0.39, 0.29) is 5.75 Å². The Morgan fingerprint density at radius 1 is 1.28 bits per heavy atom. The van der Waals surface area contributed by atoms with Gasteiger partial charge in [-0.2, -0.15) is 0 Å². The van der Waals surface area contributed by atoms with Crippen LogP contribution in [0.25, 0.3) is 0 Å². The number of hydrogen-bond acceptors (Lipinski definition) is 3. The Hall–Kier alpha value is -2.80. The number of rotatable bonds is 2. The van der Waals surface area contributed by atoms with E-state index in [2.05, 4.69) is 16.0 Å². The molecule has 0 saturated heterocycles. The van der Waals surface area contributed by atoms with Gasteiger partial charge in [-0.3, -0.25) is 4.79 Å². The summed E-state index contributed by atoms with van der Waals surface area (Å²) in [5, 5.41) is 8.23. The van der Waals surface area contributed by atoms with Gasteiger partial charge in [0, 0.05) is 16.8 Å². The summed E-state index contributed by atoms with van der Waals surface area (Å²) in [5.41, 5.74) is 0.829. The Morgan fingerprint density at radius 2 is 2.08 bits per heavy atom.